The predicted molar refractivity (Wildman–Crippen MR) is 76.9 cm³/mol. The van der Waals surface area contributed by atoms with Gasteiger partial charge in [0, 0.05) is 11.7 Å². The lowest BCUT2D eigenvalue weighted by Gasteiger charge is -2.17. The Labute approximate surface area is 113 Å². The molecule has 0 heterocycles. The number of fused-ring (bicyclic) bond motifs is 1. The van der Waals surface area contributed by atoms with Gasteiger partial charge >= 0.3 is 0 Å². The van der Waals surface area contributed by atoms with E-state index >= 15 is 0 Å². The summed E-state index contributed by atoms with van der Waals surface area (Å²) in [5, 5.41) is 3.41. The third-order valence-corrected chi connectivity index (χ3v) is 3.85. The second kappa shape index (κ2) is 5.04. The van der Waals surface area contributed by atoms with Crippen LogP contribution in [-0.4, -0.2) is 0 Å². The molecule has 0 radical (unpaired) electrons. The van der Waals surface area contributed by atoms with Crippen molar-refractivity contribution in [1.82, 2.24) is 0 Å². The zero-order valence-corrected chi connectivity index (χ0v) is 11.1. The van der Waals surface area contributed by atoms with Crippen LogP contribution >= 0.6 is 0 Å². The number of benzene rings is 2. The maximum Gasteiger partial charge on any atom is 0.123 e. The zero-order valence-electron chi connectivity index (χ0n) is 11.1. The van der Waals surface area contributed by atoms with Crippen molar-refractivity contribution in [3.63, 3.8) is 0 Å². The highest BCUT2D eigenvalue weighted by atomic mass is 19.1. The van der Waals surface area contributed by atoms with Crippen molar-refractivity contribution in [3.05, 3.63) is 65.0 Å². The Bertz CT molecular complexity index is 574. The Morgan fingerprint density at radius 1 is 1.00 bits per heavy atom. The molecule has 3 rings (SSSR count). The van der Waals surface area contributed by atoms with Gasteiger partial charge < -0.3 is 5.32 Å². The van der Waals surface area contributed by atoms with E-state index in [1.54, 1.807) is 12.1 Å². The normalized spacial score (nSPS) is 15.1. The lowest BCUT2D eigenvalue weighted by molar-refractivity contribution is 0.628. The number of halogens is 1. The van der Waals surface area contributed by atoms with Gasteiger partial charge in [-0.15, -0.1) is 0 Å². The van der Waals surface area contributed by atoms with Crippen molar-refractivity contribution < 1.29 is 4.39 Å². The molecule has 0 spiro atoms. The first-order valence-electron chi connectivity index (χ1n) is 6.86. The van der Waals surface area contributed by atoms with Crippen LogP contribution in [0.2, 0.25) is 0 Å². The highest BCUT2D eigenvalue weighted by Crippen LogP contribution is 2.27. The van der Waals surface area contributed by atoms with Crippen LogP contribution in [0.25, 0.3) is 0 Å². The SMILES string of the molecule is CC(Nc1ccc(F)cc1)c1ccc2c(c1)CCC2. The van der Waals surface area contributed by atoms with Gasteiger partial charge in [0.2, 0.25) is 0 Å². The van der Waals surface area contributed by atoms with Gasteiger partial charge in [-0.05, 0) is 67.1 Å². The van der Waals surface area contributed by atoms with Crippen molar-refractivity contribution >= 4 is 5.69 Å². The van der Waals surface area contributed by atoms with Crippen molar-refractivity contribution in [2.45, 2.75) is 32.2 Å². The summed E-state index contributed by atoms with van der Waals surface area (Å²) in [6, 6.07) is 13.5. The summed E-state index contributed by atoms with van der Waals surface area (Å²) in [6.07, 6.45) is 3.69. The van der Waals surface area contributed by atoms with Gasteiger partial charge in [0.25, 0.3) is 0 Å². The van der Waals surface area contributed by atoms with Gasteiger partial charge in [-0.2, -0.15) is 0 Å². The van der Waals surface area contributed by atoms with Crippen LogP contribution in [0.3, 0.4) is 0 Å². The van der Waals surface area contributed by atoms with E-state index in [1.807, 2.05) is 0 Å². The molecule has 1 nitrogen and oxygen atoms in total. The van der Waals surface area contributed by atoms with Gasteiger partial charge in [-0.1, -0.05) is 18.2 Å². The van der Waals surface area contributed by atoms with Crippen LogP contribution in [0.1, 0.15) is 36.1 Å². The summed E-state index contributed by atoms with van der Waals surface area (Å²) in [6.45, 7) is 2.14. The Morgan fingerprint density at radius 3 is 2.53 bits per heavy atom. The molecule has 1 unspecified atom stereocenters. The quantitative estimate of drug-likeness (QED) is 0.852. The molecular weight excluding hydrogens is 237 g/mol. The monoisotopic (exact) mass is 255 g/mol. The fourth-order valence-electron chi connectivity index (χ4n) is 2.74. The highest BCUT2D eigenvalue weighted by Gasteiger charge is 2.13. The summed E-state index contributed by atoms with van der Waals surface area (Å²) in [7, 11) is 0. The number of nitrogens with one attached hydrogen (secondary N) is 1. The highest BCUT2D eigenvalue weighted by molar-refractivity contribution is 5.46. The van der Waals surface area contributed by atoms with Crippen LogP contribution in [-0.2, 0) is 12.8 Å². The van der Waals surface area contributed by atoms with E-state index in [1.165, 1.54) is 48.1 Å². The van der Waals surface area contributed by atoms with Gasteiger partial charge in [-0.3, -0.25) is 0 Å². The minimum absolute atomic E-state index is 0.198. The molecule has 98 valence electrons. The van der Waals surface area contributed by atoms with Gasteiger partial charge in [-0.25, -0.2) is 4.39 Å². The molecule has 19 heavy (non-hydrogen) atoms. The topological polar surface area (TPSA) is 12.0 Å². The maximum absolute atomic E-state index is 12.9. The Balaban J connectivity index is 1.76. The molecule has 1 atom stereocenters. The zero-order chi connectivity index (χ0) is 13.2. The number of aryl methyl sites for hydroxylation is 2. The number of anilines is 1. The van der Waals surface area contributed by atoms with E-state index in [2.05, 4.69) is 30.4 Å². The van der Waals surface area contributed by atoms with E-state index in [0.29, 0.717) is 0 Å². The lowest BCUT2D eigenvalue weighted by atomic mass is 10.0. The van der Waals surface area contributed by atoms with E-state index in [9.17, 15) is 4.39 Å². The number of rotatable bonds is 3. The first-order valence-corrected chi connectivity index (χ1v) is 6.86. The van der Waals surface area contributed by atoms with Gasteiger partial charge in [0.1, 0.15) is 5.82 Å². The van der Waals surface area contributed by atoms with E-state index in [4.69, 9.17) is 0 Å². The van der Waals surface area contributed by atoms with Gasteiger partial charge in [0.15, 0.2) is 0 Å². The lowest BCUT2D eigenvalue weighted by Crippen LogP contribution is -2.07. The van der Waals surface area contributed by atoms with Crippen LogP contribution in [0.15, 0.2) is 42.5 Å². The first kappa shape index (κ1) is 12.2. The largest absolute Gasteiger partial charge is 0.379 e. The van der Waals surface area contributed by atoms with Crippen molar-refractivity contribution in [2.24, 2.45) is 0 Å². The summed E-state index contributed by atoms with van der Waals surface area (Å²) >= 11 is 0. The third kappa shape index (κ3) is 2.62. The van der Waals surface area contributed by atoms with Crippen LogP contribution in [0, 0.1) is 5.82 Å². The molecule has 0 saturated heterocycles. The molecular formula is C17H18FN. The molecule has 1 aliphatic rings. The second-order valence-corrected chi connectivity index (χ2v) is 5.25. The minimum Gasteiger partial charge on any atom is -0.379 e. The van der Waals surface area contributed by atoms with Crippen LogP contribution < -0.4 is 5.32 Å². The maximum atomic E-state index is 12.9. The number of hydrogen-bond donors (Lipinski definition) is 1. The first-order chi connectivity index (χ1) is 9.22. The molecule has 2 aromatic carbocycles. The molecule has 1 N–H and O–H groups in total. The average molecular weight is 255 g/mol. The fourth-order valence-corrected chi connectivity index (χ4v) is 2.74. The summed E-state index contributed by atoms with van der Waals surface area (Å²) < 4.78 is 12.9. The average Bonchev–Trinajstić information content (AvgIpc) is 2.88. The molecule has 0 fully saturated rings. The molecule has 0 bridgehead atoms. The predicted octanol–water partition coefficient (Wildman–Crippen LogP) is 4.49. The third-order valence-electron chi connectivity index (χ3n) is 3.85. The van der Waals surface area contributed by atoms with Gasteiger partial charge in [0.05, 0.1) is 0 Å². The summed E-state index contributed by atoms with van der Waals surface area (Å²) in [5.74, 6) is -0.198. The van der Waals surface area contributed by atoms with E-state index in [-0.39, 0.29) is 11.9 Å². The fraction of sp³-hybridized carbons (Fsp3) is 0.294. The Hall–Kier alpha value is -1.83. The van der Waals surface area contributed by atoms with E-state index in [0.717, 1.165) is 5.69 Å². The van der Waals surface area contributed by atoms with E-state index < -0.39 is 0 Å². The minimum atomic E-state index is -0.198. The number of hydrogen-bond acceptors (Lipinski definition) is 1. The summed E-state index contributed by atoms with van der Waals surface area (Å²) in [5.41, 5.74) is 5.24. The van der Waals surface area contributed by atoms with Crippen LogP contribution in [0.5, 0.6) is 0 Å². The Morgan fingerprint density at radius 2 is 1.74 bits per heavy atom. The Kier molecular flexibility index (Phi) is 3.24. The smallest absolute Gasteiger partial charge is 0.123 e. The second-order valence-electron chi connectivity index (χ2n) is 5.25. The molecule has 0 amide bonds. The molecule has 0 aromatic heterocycles. The standard InChI is InChI=1S/C17H18FN/c1-12(19-17-9-7-16(18)8-10-17)14-6-5-13-3-2-4-15(13)11-14/h5-12,19H,2-4H2,1H3. The molecule has 0 aliphatic heterocycles. The summed E-state index contributed by atoms with van der Waals surface area (Å²) in [4.78, 5) is 0. The molecule has 1 aliphatic carbocycles. The van der Waals surface area contributed by atoms with Crippen LogP contribution in [0.4, 0.5) is 10.1 Å². The molecule has 0 saturated carbocycles. The van der Waals surface area contributed by atoms with Crippen molar-refractivity contribution in [3.8, 4) is 0 Å². The molecule has 2 heteroatoms. The molecule has 2 aromatic rings. The van der Waals surface area contributed by atoms with Crippen molar-refractivity contribution in [1.29, 1.82) is 0 Å². The van der Waals surface area contributed by atoms with Crippen molar-refractivity contribution in [2.75, 3.05) is 5.32 Å².